The topological polar surface area (TPSA) is 72.3 Å². The molecule has 34 heavy (non-hydrogen) atoms. The maximum absolute atomic E-state index is 13.2. The smallest absolute Gasteiger partial charge is 0.336 e. The van der Waals surface area contributed by atoms with Gasteiger partial charge in [-0.3, -0.25) is 4.98 Å². The second-order valence-electron chi connectivity index (χ2n) is 9.23. The Balaban J connectivity index is 1.24. The number of alkyl halides is 3. The van der Waals surface area contributed by atoms with E-state index in [0.717, 1.165) is 25.3 Å². The minimum atomic E-state index is -4.59. The number of nitrogens with zero attached hydrogens (tertiary/aromatic N) is 5. The van der Waals surface area contributed by atoms with E-state index >= 15 is 0 Å². The van der Waals surface area contributed by atoms with E-state index in [1.165, 1.54) is 48.2 Å². The fourth-order valence-corrected chi connectivity index (χ4v) is 4.99. The predicted octanol–water partition coefficient (Wildman–Crippen LogP) is 5.75. The van der Waals surface area contributed by atoms with Crippen LogP contribution in [0.25, 0.3) is 22.6 Å². The second-order valence-corrected chi connectivity index (χ2v) is 9.23. The first-order valence-corrected chi connectivity index (χ1v) is 11.5. The first-order valence-electron chi connectivity index (χ1n) is 11.5. The van der Waals surface area contributed by atoms with E-state index in [0.29, 0.717) is 17.3 Å². The number of fused-ring (bicyclic) bond motifs is 1. The Morgan fingerprint density at radius 2 is 1.88 bits per heavy atom. The van der Waals surface area contributed by atoms with Crippen LogP contribution in [0, 0.1) is 0 Å². The van der Waals surface area contributed by atoms with Crippen molar-refractivity contribution >= 4 is 0 Å². The van der Waals surface area contributed by atoms with Crippen molar-refractivity contribution in [3.63, 3.8) is 0 Å². The minimum Gasteiger partial charge on any atom is -0.336 e. The molecule has 3 heterocycles. The van der Waals surface area contributed by atoms with Gasteiger partial charge in [0.2, 0.25) is 0 Å². The van der Waals surface area contributed by atoms with Gasteiger partial charge in [0, 0.05) is 30.4 Å². The summed E-state index contributed by atoms with van der Waals surface area (Å²) in [5.41, 5.74) is 4.48. The maximum Gasteiger partial charge on any atom is 0.437 e. The number of aryl methyl sites for hydroxylation is 1. The van der Waals surface area contributed by atoms with Gasteiger partial charge in [0.25, 0.3) is 0 Å². The van der Waals surface area contributed by atoms with E-state index in [9.17, 15) is 13.2 Å². The van der Waals surface area contributed by atoms with Crippen molar-refractivity contribution in [3.05, 3.63) is 71.4 Å². The lowest BCUT2D eigenvalue weighted by molar-refractivity contribution is -0.140. The van der Waals surface area contributed by atoms with Gasteiger partial charge in [-0.1, -0.05) is 18.2 Å². The molecule has 2 aliphatic carbocycles. The molecule has 0 bridgehead atoms. The van der Waals surface area contributed by atoms with Gasteiger partial charge in [-0.25, -0.2) is 4.98 Å². The van der Waals surface area contributed by atoms with Crippen LogP contribution in [0.3, 0.4) is 0 Å². The van der Waals surface area contributed by atoms with Gasteiger partial charge >= 0.3 is 6.18 Å². The lowest BCUT2D eigenvalue weighted by Crippen LogP contribution is -2.15. The fraction of sp³-hybridized carbons (Fsp3) is 0.360. The third-order valence-corrected chi connectivity index (χ3v) is 6.83. The Morgan fingerprint density at radius 1 is 1.00 bits per heavy atom. The highest BCUT2D eigenvalue weighted by molar-refractivity contribution is 5.67. The molecule has 1 aromatic carbocycles. The zero-order chi connectivity index (χ0) is 23.3. The molecule has 1 saturated carbocycles. The summed E-state index contributed by atoms with van der Waals surface area (Å²) in [6.07, 6.45) is 6.61. The summed E-state index contributed by atoms with van der Waals surface area (Å²) in [5, 5.41) is 9.05. The van der Waals surface area contributed by atoms with Crippen molar-refractivity contribution in [2.45, 2.75) is 56.7 Å². The Bertz CT molecular complexity index is 1330. The molecule has 2 aliphatic rings. The van der Waals surface area contributed by atoms with Crippen LogP contribution in [0.1, 0.15) is 59.9 Å². The van der Waals surface area contributed by atoms with Crippen LogP contribution in [-0.2, 0) is 19.1 Å². The quantitative estimate of drug-likeness (QED) is 0.408. The zero-order valence-electron chi connectivity index (χ0n) is 18.4. The first kappa shape index (κ1) is 21.1. The number of hydrogen-bond acceptors (Lipinski definition) is 4. The molecule has 1 atom stereocenters. The molecule has 3 aromatic heterocycles. The van der Waals surface area contributed by atoms with Crippen molar-refractivity contribution in [1.29, 1.82) is 0 Å². The molecule has 0 spiro atoms. The van der Waals surface area contributed by atoms with Gasteiger partial charge in [-0.05, 0) is 66.8 Å². The number of aromatic nitrogens is 6. The van der Waals surface area contributed by atoms with Gasteiger partial charge in [-0.15, -0.1) is 0 Å². The van der Waals surface area contributed by atoms with Crippen molar-refractivity contribution in [1.82, 2.24) is 29.9 Å². The molecule has 0 aliphatic heterocycles. The number of H-pyrrole nitrogens is 1. The van der Waals surface area contributed by atoms with E-state index in [-0.39, 0.29) is 11.3 Å². The molecule has 0 amide bonds. The summed E-state index contributed by atoms with van der Waals surface area (Å²) in [6.45, 7) is 0.809. The van der Waals surface area contributed by atoms with Crippen molar-refractivity contribution < 1.29 is 13.2 Å². The van der Waals surface area contributed by atoms with E-state index in [4.69, 9.17) is 0 Å². The maximum atomic E-state index is 13.2. The molecular weight excluding hydrogens is 441 g/mol. The summed E-state index contributed by atoms with van der Waals surface area (Å²) in [6, 6.07) is 10.1. The molecular formula is C25H23F3N6. The van der Waals surface area contributed by atoms with Gasteiger partial charge < -0.3 is 4.57 Å². The Morgan fingerprint density at radius 3 is 2.71 bits per heavy atom. The second kappa shape index (κ2) is 8.07. The normalized spacial score (nSPS) is 18.1. The van der Waals surface area contributed by atoms with Crippen LogP contribution in [-0.4, -0.2) is 29.9 Å². The van der Waals surface area contributed by atoms with Crippen molar-refractivity contribution in [2.75, 3.05) is 0 Å². The molecule has 9 heteroatoms. The third-order valence-electron chi connectivity index (χ3n) is 6.83. The van der Waals surface area contributed by atoms with Gasteiger partial charge in [0.15, 0.2) is 5.69 Å². The molecule has 0 radical (unpaired) electrons. The van der Waals surface area contributed by atoms with E-state index in [1.54, 1.807) is 12.4 Å². The highest BCUT2D eigenvalue weighted by Gasteiger charge is 2.38. The molecule has 174 valence electrons. The van der Waals surface area contributed by atoms with Crippen LogP contribution in [0.2, 0.25) is 0 Å². The Labute approximate surface area is 194 Å². The van der Waals surface area contributed by atoms with Gasteiger partial charge in [0.05, 0.1) is 12.0 Å². The summed E-state index contributed by atoms with van der Waals surface area (Å²) in [7, 11) is 0. The highest BCUT2D eigenvalue weighted by atomic mass is 19.4. The van der Waals surface area contributed by atoms with Crippen LogP contribution in [0.4, 0.5) is 13.2 Å². The van der Waals surface area contributed by atoms with Gasteiger partial charge in [-0.2, -0.15) is 28.6 Å². The molecule has 4 aromatic rings. The molecule has 0 saturated heterocycles. The number of halogens is 3. The summed E-state index contributed by atoms with van der Waals surface area (Å²) in [5.74, 6) is 1.18. The van der Waals surface area contributed by atoms with E-state index < -0.39 is 11.9 Å². The summed E-state index contributed by atoms with van der Waals surface area (Å²) < 4.78 is 41.8. The summed E-state index contributed by atoms with van der Waals surface area (Å²) >= 11 is 0. The number of imidazole rings is 1. The monoisotopic (exact) mass is 464 g/mol. The Kier molecular flexibility index (Phi) is 5.00. The molecule has 1 N–H and O–H groups in total. The SMILES string of the molecule is FC(F)(F)c1n[nH]nc1-c1ccnc(-c2cn(C[C@@H]3CCCc4cc(C5CC5)ccc43)cn2)c1. The van der Waals surface area contributed by atoms with Crippen LogP contribution >= 0.6 is 0 Å². The van der Waals surface area contributed by atoms with Crippen LogP contribution < -0.4 is 0 Å². The molecule has 0 unspecified atom stereocenters. The van der Waals surface area contributed by atoms with Crippen molar-refractivity contribution in [2.24, 2.45) is 0 Å². The largest absolute Gasteiger partial charge is 0.437 e. The summed E-state index contributed by atoms with van der Waals surface area (Å²) in [4.78, 5) is 8.81. The Hall–Kier alpha value is -3.49. The van der Waals surface area contributed by atoms with E-state index in [2.05, 4.69) is 48.1 Å². The molecule has 6 nitrogen and oxygen atoms in total. The number of hydrogen-bond donors (Lipinski definition) is 1. The number of pyridine rings is 1. The zero-order valence-corrected chi connectivity index (χ0v) is 18.4. The van der Waals surface area contributed by atoms with Crippen molar-refractivity contribution in [3.8, 4) is 22.6 Å². The van der Waals surface area contributed by atoms with E-state index in [1.807, 2.05) is 6.20 Å². The van der Waals surface area contributed by atoms with Gasteiger partial charge in [0.1, 0.15) is 11.4 Å². The predicted molar refractivity (Wildman–Crippen MR) is 120 cm³/mol. The number of rotatable bonds is 5. The average Bonchev–Trinajstić information content (AvgIpc) is 3.36. The van der Waals surface area contributed by atoms with Crippen LogP contribution in [0.15, 0.2) is 49.1 Å². The highest BCUT2D eigenvalue weighted by Crippen LogP contribution is 2.42. The number of benzene rings is 1. The number of nitrogens with one attached hydrogen (secondary N) is 1. The standard InChI is InChI=1S/C25H23F3N6/c26-25(27,28)24-23(31-33-32-24)18-8-9-29-21(11-18)22-13-34(14-30-22)12-19-3-1-2-17-10-16(15-4-5-15)6-7-20(17)19/h6-11,13-15,19H,1-5,12H2,(H,31,32,33)/t19-/m0/s1. The number of aromatic amines is 1. The molecule has 1 fully saturated rings. The average molecular weight is 464 g/mol. The fourth-order valence-electron chi connectivity index (χ4n) is 4.99. The van der Waals surface area contributed by atoms with Crippen LogP contribution in [0.5, 0.6) is 0 Å². The minimum absolute atomic E-state index is 0.250. The first-order chi connectivity index (χ1) is 16.5. The lowest BCUT2D eigenvalue weighted by Gasteiger charge is -2.26. The molecule has 6 rings (SSSR count). The lowest BCUT2D eigenvalue weighted by atomic mass is 9.81. The third kappa shape index (κ3) is 3.99.